The standard InChI is InChI=1S/C22H29N3O2/c1-3-19-6-4-5-15-25(19)22(26)21-16-18(12-14-24-21)23-13-11-17-7-9-20(27-2)10-8-17/h7-10,12,14,16,19H,3-6,11,13,15H2,1-2H3,(H,23,24). The van der Waals surface area contributed by atoms with Crippen LogP contribution in [0.2, 0.25) is 0 Å². The van der Waals surface area contributed by atoms with E-state index in [1.54, 1.807) is 13.3 Å². The van der Waals surface area contributed by atoms with Crippen LogP contribution in [0, 0.1) is 0 Å². The third-order valence-electron chi connectivity index (χ3n) is 5.24. The van der Waals surface area contributed by atoms with Gasteiger partial charge in [-0.05, 0) is 61.9 Å². The minimum absolute atomic E-state index is 0.0559. The van der Waals surface area contributed by atoms with E-state index in [-0.39, 0.29) is 5.91 Å². The first-order chi connectivity index (χ1) is 13.2. The fourth-order valence-corrected chi connectivity index (χ4v) is 3.64. The molecule has 0 bridgehead atoms. The van der Waals surface area contributed by atoms with Crippen molar-refractivity contribution in [2.75, 3.05) is 25.5 Å². The lowest BCUT2D eigenvalue weighted by Crippen LogP contribution is -2.43. The highest BCUT2D eigenvalue weighted by atomic mass is 16.5. The number of amides is 1. The summed E-state index contributed by atoms with van der Waals surface area (Å²) < 4.78 is 5.19. The number of carbonyl (C=O) groups excluding carboxylic acids is 1. The summed E-state index contributed by atoms with van der Waals surface area (Å²) in [6, 6.07) is 12.2. The molecule has 1 saturated heterocycles. The number of aromatic nitrogens is 1. The molecule has 1 N–H and O–H groups in total. The van der Waals surface area contributed by atoms with E-state index >= 15 is 0 Å². The number of likely N-dealkylation sites (tertiary alicyclic amines) is 1. The Bertz CT molecular complexity index is 745. The van der Waals surface area contributed by atoms with E-state index in [2.05, 4.69) is 29.4 Å². The Balaban J connectivity index is 1.58. The maximum atomic E-state index is 12.9. The van der Waals surface area contributed by atoms with Gasteiger partial charge in [-0.3, -0.25) is 9.78 Å². The first-order valence-corrected chi connectivity index (χ1v) is 9.85. The Hall–Kier alpha value is -2.56. The van der Waals surface area contributed by atoms with E-state index in [0.29, 0.717) is 11.7 Å². The van der Waals surface area contributed by atoms with Gasteiger partial charge in [0.05, 0.1) is 7.11 Å². The van der Waals surface area contributed by atoms with Gasteiger partial charge in [-0.15, -0.1) is 0 Å². The van der Waals surface area contributed by atoms with Crippen LogP contribution < -0.4 is 10.1 Å². The van der Waals surface area contributed by atoms with E-state index < -0.39 is 0 Å². The van der Waals surface area contributed by atoms with Crippen LogP contribution in [0.25, 0.3) is 0 Å². The van der Waals surface area contributed by atoms with Crippen molar-refractivity contribution in [2.45, 2.75) is 45.1 Å². The van der Waals surface area contributed by atoms with Crippen molar-refractivity contribution in [3.05, 3.63) is 53.9 Å². The Kier molecular flexibility index (Phi) is 6.69. The van der Waals surface area contributed by atoms with Gasteiger partial charge in [0.25, 0.3) is 5.91 Å². The van der Waals surface area contributed by atoms with E-state index in [1.807, 2.05) is 29.2 Å². The van der Waals surface area contributed by atoms with Crippen LogP contribution >= 0.6 is 0 Å². The van der Waals surface area contributed by atoms with Gasteiger partial charge < -0.3 is 15.0 Å². The van der Waals surface area contributed by atoms with E-state index in [0.717, 1.165) is 50.2 Å². The van der Waals surface area contributed by atoms with E-state index in [4.69, 9.17) is 4.74 Å². The van der Waals surface area contributed by atoms with Gasteiger partial charge in [-0.2, -0.15) is 0 Å². The van der Waals surface area contributed by atoms with Gasteiger partial charge in [0, 0.05) is 31.0 Å². The van der Waals surface area contributed by atoms with Crippen molar-refractivity contribution in [1.29, 1.82) is 0 Å². The number of ether oxygens (including phenoxy) is 1. The second-order valence-electron chi connectivity index (χ2n) is 7.01. The summed E-state index contributed by atoms with van der Waals surface area (Å²) in [7, 11) is 1.67. The second kappa shape index (κ2) is 9.40. The maximum Gasteiger partial charge on any atom is 0.272 e. The van der Waals surface area contributed by atoms with Crippen molar-refractivity contribution in [3.8, 4) is 5.75 Å². The minimum Gasteiger partial charge on any atom is -0.497 e. The molecule has 1 unspecified atom stereocenters. The third-order valence-corrected chi connectivity index (χ3v) is 5.24. The molecule has 0 spiro atoms. The molecule has 27 heavy (non-hydrogen) atoms. The molecule has 3 rings (SSSR count). The minimum atomic E-state index is 0.0559. The molecule has 5 nitrogen and oxygen atoms in total. The summed E-state index contributed by atoms with van der Waals surface area (Å²) in [6.45, 7) is 3.79. The van der Waals surface area contributed by atoms with Crippen molar-refractivity contribution < 1.29 is 9.53 Å². The number of benzene rings is 1. The molecule has 1 amide bonds. The summed E-state index contributed by atoms with van der Waals surface area (Å²) in [5, 5.41) is 3.40. The first kappa shape index (κ1) is 19.2. The Morgan fingerprint density at radius 2 is 2.07 bits per heavy atom. The number of piperidine rings is 1. The molecule has 0 aliphatic carbocycles. The van der Waals surface area contributed by atoms with Crippen LogP contribution in [0.4, 0.5) is 5.69 Å². The van der Waals surface area contributed by atoms with E-state index in [9.17, 15) is 4.79 Å². The average molecular weight is 367 g/mol. The number of anilines is 1. The van der Waals surface area contributed by atoms with Gasteiger partial charge >= 0.3 is 0 Å². The van der Waals surface area contributed by atoms with Gasteiger partial charge in [0.15, 0.2) is 0 Å². The normalized spacial score (nSPS) is 16.8. The average Bonchev–Trinajstić information content (AvgIpc) is 2.74. The quantitative estimate of drug-likeness (QED) is 0.799. The third kappa shape index (κ3) is 5.00. The van der Waals surface area contributed by atoms with Crippen LogP contribution in [0.15, 0.2) is 42.6 Å². The number of rotatable bonds is 7. The largest absolute Gasteiger partial charge is 0.497 e. The van der Waals surface area contributed by atoms with Crippen LogP contribution in [-0.2, 0) is 6.42 Å². The molecule has 1 aromatic carbocycles. The van der Waals surface area contributed by atoms with Crippen molar-refractivity contribution in [2.24, 2.45) is 0 Å². The molecule has 1 aromatic heterocycles. The number of pyridine rings is 1. The molecule has 1 aliphatic rings. The number of nitrogens with zero attached hydrogens (tertiary/aromatic N) is 2. The van der Waals surface area contributed by atoms with Crippen molar-refractivity contribution in [3.63, 3.8) is 0 Å². The topological polar surface area (TPSA) is 54.5 Å². The Labute approximate surface area is 161 Å². The number of hydrogen-bond acceptors (Lipinski definition) is 4. The second-order valence-corrected chi connectivity index (χ2v) is 7.01. The highest BCUT2D eigenvalue weighted by Crippen LogP contribution is 2.22. The summed E-state index contributed by atoms with van der Waals surface area (Å²) in [4.78, 5) is 19.2. The van der Waals surface area contributed by atoms with Crippen LogP contribution in [0.1, 0.15) is 48.7 Å². The van der Waals surface area contributed by atoms with Gasteiger partial charge in [-0.25, -0.2) is 0 Å². The molecule has 2 aromatic rings. The molecule has 2 heterocycles. The summed E-state index contributed by atoms with van der Waals surface area (Å²) in [5.74, 6) is 0.924. The molecule has 1 fully saturated rings. The molecule has 0 saturated carbocycles. The highest BCUT2D eigenvalue weighted by Gasteiger charge is 2.26. The maximum absolute atomic E-state index is 12.9. The van der Waals surface area contributed by atoms with Gasteiger partial charge in [0.2, 0.25) is 0 Å². The lowest BCUT2D eigenvalue weighted by atomic mass is 9.99. The van der Waals surface area contributed by atoms with E-state index in [1.165, 1.54) is 12.0 Å². The number of hydrogen-bond donors (Lipinski definition) is 1. The lowest BCUT2D eigenvalue weighted by Gasteiger charge is -2.35. The summed E-state index contributed by atoms with van der Waals surface area (Å²) in [5.41, 5.74) is 2.71. The Morgan fingerprint density at radius 3 is 2.81 bits per heavy atom. The summed E-state index contributed by atoms with van der Waals surface area (Å²) >= 11 is 0. The first-order valence-electron chi connectivity index (χ1n) is 9.85. The fourth-order valence-electron chi connectivity index (χ4n) is 3.64. The van der Waals surface area contributed by atoms with Crippen LogP contribution in [0.5, 0.6) is 5.75 Å². The zero-order valence-corrected chi connectivity index (χ0v) is 16.3. The molecular weight excluding hydrogens is 338 g/mol. The lowest BCUT2D eigenvalue weighted by molar-refractivity contribution is 0.0602. The zero-order chi connectivity index (χ0) is 19.1. The predicted octanol–water partition coefficient (Wildman–Crippen LogP) is 4.15. The number of nitrogens with one attached hydrogen (secondary N) is 1. The van der Waals surface area contributed by atoms with Crippen LogP contribution in [-0.4, -0.2) is 42.0 Å². The number of carbonyl (C=O) groups is 1. The zero-order valence-electron chi connectivity index (χ0n) is 16.3. The molecular formula is C22H29N3O2. The number of methoxy groups -OCH3 is 1. The Morgan fingerprint density at radius 1 is 1.26 bits per heavy atom. The highest BCUT2D eigenvalue weighted by molar-refractivity contribution is 5.93. The monoisotopic (exact) mass is 367 g/mol. The molecule has 5 heteroatoms. The smallest absolute Gasteiger partial charge is 0.272 e. The predicted molar refractivity (Wildman–Crippen MR) is 108 cm³/mol. The summed E-state index contributed by atoms with van der Waals surface area (Å²) in [6.07, 6.45) is 7.02. The SMILES string of the molecule is CCC1CCCCN1C(=O)c1cc(NCCc2ccc(OC)cc2)ccn1. The van der Waals surface area contributed by atoms with Gasteiger partial charge in [-0.1, -0.05) is 19.1 Å². The molecule has 0 radical (unpaired) electrons. The fraction of sp³-hybridized carbons (Fsp3) is 0.455. The van der Waals surface area contributed by atoms with Crippen molar-refractivity contribution >= 4 is 11.6 Å². The van der Waals surface area contributed by atoms with Crippen molar-refractivity contribution in [1.82, 2.24) is 9.88 Å². The molecule has 144 valence electrons. The molecule has 1 aliphatic heterocycles. The molecule has 1 atom stereocenters. The van der Waals surface area contributed by atoms with Gasteiger partial charge in [0.1, 0.15) is 11.4 Å². The van der Waals surface area contributed by atoms with Crippen LogP contribution in [0.3, 0.4) is 0 Å².